The summed E-state index contributed by atoms with van der Waals surface area (Å²) in [6.45, 7) is 4.91. The van der Waals surface area contributed by atoms with Crippen LogP contribution in [0.15, 0.2) is 9.95 Å². The van der Waals surface area contributed by atoms with E-state index in [1.54, 1.807) is 16.3 Å². The summed E-state index contributed by atoms with van der Waals surface area (Å²) in [6, 6.07) is 0. The van der Waals surface area contributed by atoms with Crippen molar-refractivity contribution in [2.75, 3.05) is 5.75 Å². The molecule has 13 heavy (non-hydrogen) atoms. The van der Waals surface area contributed by atoms with E-state index in [0.717, 1.165) is 30.3 Å². The van der Waals surface area contributed by atoms with Gasteiger partial charge in [0, 0.05) is 12.3 Å². The number of aromatic amines is 1. The number of hydrogen-bond donors (Lipinski definition) is 1. The van der Waals surface area contributed by atoms with Crippen LogP contribution in [0.1, 0.15) is 26.7 Å². The van der Waals surface area contributed by atoms with Gasteiger partial charge in [-0.3, -0.25) is 4.57 Å². The lowest BCUT2D eigenvalue weighted by Crippen LogP contribution is -2.17. The molecule has 0 aliphatic heterocycles. The first-order valence-corrected chi connectivity index (χ1v) is 5.56. The summed E-state index contributed by atoms with van der Waals surface area (Å²) in [5.41, 5.74) is -0.0968. The number of aromatic nitrogens is 3. The van der Waals surface area contributed by atoms with Crippen LogP contribution in [0.5, 0.6) is 0 Å². The third-order valence-electron chi connectivity index (χ3n) is 1.61. The second-order valence-electron chi connectivity index (χ2n) is 2.81. The molecule has 0 amide bonds. The summed E-state index contributed by atoms with van der Waals surface area (Å²) in [5, 5.41) is 7.24. The maximum absolute atomic E-state index is 11.2. The Balaban J connectivity index is 2.74. The monoisotopic (exact) mass is 201 g/mol. The van der Waals surface area contributed by atoms with Crippen LogP contribution in [0.25, 0.3) is 0 Å². The Hall–Kier alpha value is -0.710. The minimum absolute atomic E-state index is 0.0968. The topological polar surface area (TPSA) is 50.7 Å². The van der Waals surface area contributed by atoms with Crippen molar-refractivity contribution in [2.45, 2.75) is 38.4 Å². The normalized spacial score (nSPS) is 10.6. The van der Waals surface area contributed by atoms with Crippen LogP contribution >= 0.6 is 11.8 Å². The first-order chi connectivity index (χ1) is 6.29. The van der Waals surface area contributed by atoms with Gasteiger partial charge in [-0.05, 0) is 12.8 Å². The Morgan fingerprint density at radius 2 is 2.23 bits per heavy atom. The lowest BCUT2D eigenvalue weighted by molar-refractivity contribution is 0.603. The van der Waals surface area contributed by atoms with E-state index in [1.165, 1.54) is 0 Å². The zero-order valence-corrected chi connectivity index (χ0v) is 8.86. The predicted octanol–water partition coefficient (Wildman–Crippen LogP) is 1.48. The highest BCUT2D eigenvalue weighted by molar-refractivity contribution is 7.99. The lowest BCUT2D eigenvalue weighted by Gasteiger charge is -2.01. The number of thioether (sulfide) groups is 1. The van der Waals surface area contributed by atoms with Crippen LogP contribution in [-0.4, -0.2) is 20.5 Å². The van der Waals surface area contributed by atoms with E-state index in [9.17, 15) is 4.79 Å². The van der Waals surface area contributed by atoms with Gasteiger partial charge in [0.05, 0.1) is 0 Å². The highest BCUT2D eigenvalue weighted by Crippen LogP contribution is 2.13. The van der Waals surface area contributed by atoms with E-state index in [1.807, 2.05) is 6.92 Å². The number of rotatable bonds is 5. The van der Waals surface area contributed by atoms with Gasteiger partial charge < -0.3 is 0 Å². The van der Waals surface area contributed by atoms with Crippen molar-refractivity contribution in [2.24, 2.45) is 0 Å². The van der Waals surface area contributed by atoms with Crippen molar-refractivity contribution in [3.8, 4) is 0 Å². The maximum atomic E-state index is 11.2. The van der Waals surface area contributed by atoms with Gasteiger partial charge in [0.25, 0.3) is 0 Å². The van der Waals surface area contributed by atoms with Gasteiger partial charge in [0.1, 0.15) is 0 Å². The number of H-pyrrole nitrogens is 1. The van der Waals surface area contributed by atoms with Crippen LogP contribution in [0.2, 0.25) is 0 Å². The second-order valence-corrected chi connectivity index (χ2v) is 3.87. The fraction of sp³-hybridized carbons (Fsp3) is 0.750. The van der Waals surface area contributed by atoms with Crippen molar-refractivity contribution >= 4 is 11.8 Å². The average Bonchev–Trinajstić information content (AvgIpc) is 2.46. The van der Waals surface area contributed by atoms with Crippen LogP contribution in [0.4, 0.5) is 0 Å². The fourth-order valence-corrected chi connectivity index (χ4v) is 1.85. The molecule has 0 fully saturated rings. The highest BCUT2D eigenvalue weighted by Gasteiger charge is 2.06. The molecule has 1 aromatic heterocycles. The minimum Gasteiger partial charge on any atom is -0.270 e. The van der Waals surface area contributed by atoms with Crippen molar-refractivity contribution in [3.05, 3.63) is 10.5 Å². The highest BCUT2D eigenvalue weighted by atomic mass is 32.2. The molecular formula is C8H15N3OS. The van der Waals surface area contributed by atoms with Crippen LogP contribution in [0, 0.1) is 0 Å². The molecule has 1 heterocycles. The van der Waals surface area contributed by atoms with Gasteiger partial charge in [-0.1, -0.05) is 25.6 Å². The van der Waals surface area contributed by atoms with Crippen molar-refractivity contribution in [1.29, 1.82) is 0 Å². The van der Waals surface area contributed by atoms with Crippen LogP contribution < -0.4 is 5.69 Å². The molecular weight excluding hydrogens is 186 g/mol. The largest absolute Gasteiger partial charge is 0.343 e. The molecule has 0 aliphatic rings. The molecule has 0 aliphatic carbocycles. The first-order valence-electron chi connectivity index (χ1n) is 4.57. The van der Waals surface area contributed by atoms with Crippen molar-refractivity contribution in [1.82, 2.24) is 14.8 Å². The molecule has 5 heteroatoms. The van der Waals surface area contributed by atoms with Crippen molar-refractivity contribution < 1.29 is 0 Å². The van der Waals surface area contributed by atoms with Crippen molar-refractivity contribution in [3.63, 3.8) is 0 Å². The summed E-state index contributed by atoms with van der Waals surface area (Å²) >= 11 is 1.63. The van der Waals surface area contributed by atoms with Gasteiger partial charge >= 0.3 is 5.69 Å². The molecule has 0 aromatic carbocycles. The Morgan fingerprint density at radius 1 is 1.46 bits per heavy atom. The Bertz CT molecular complexity index is 305. The SMILES string of the molecule is CCCSc1n[nH]c(=O)n1CCC. The Kier molecular flexibility index (Phi) is 4.08. The van der Waals surface area contributed by atoms with E-state index in [0.29, 0.717) is 0 Å². The zero-order chi connectivity index (χ0) is 9.68. The number of nitrogens with one attached hydrogen (secondary N) is 1. The standard InChI is InChI=1S/C8H15N3OS/c1-3-5-11-7(12)9-10-8(11)13-6-4-2/h3-6H2,1-2H3,(H,9,12). The summed E-state index contributed by atoms with van der Waals surface area (Å²) in [7, 11) is 0. The van der Waals surface area contributed by atoms with Crippen LogP contribution in [0.3, 0.4) is 0 Å². The average molecular weight is 201 g/mol. The third kappa shape index (κ3) is 2.62. The molecule has 0 saturated carbocycles. The molecule has 0 atom stereocenters. The van der Waals surface area contributed by atoms with Gasteiger partial charge in [-0.15, -0.1) is 5.10 Å². The van der Waals surface area contributed by atoms with E-state index in [4.69, 9.17) is 0 Å². The Morgan fingerprint density at radius 3 is 2.85 bits per heavy atom. The molecule has 1 aromatic rings. The minimum atomic E-state index is -0.0968. The molecule has 1 N–H and O–H groups in total. The summed E-state index contributed by atoms with van der Waals surface area (Å²) in [5.74, 6) is 1.01. The molecule has 0 unspecified atom stereocenters. The maximum Gasteiger partial charge on any atom is 0.343 e. The van der Waals surface area contributed by atoms with Gasteiger partial charge in [0.15, 0.2) is 5.16 Å². The van der Waals surface area contributed by atoms with E-state index < -0.39 is 0 Å². The fourth-order valence-electron chi connectivity index (χ4n) is 1.03. The molecule has 0 bridgehead atoms. The predicted molar refractivity (Wildman–Crippen MR) is 54.2 cm³/mol. The third-order valence-corrected chi connectivity index (χ3v) is 2.79. The molecule has 1 rings (SSSR count). The van der Waals surface area contributed by atoms with Gasteiger partial charge in [0.2, 0.25) is 0 Å². The first kappa shape index (κ1) is 10.4. The molecule has 74 valence electrons. The quantitative estimate of drug-likeness (QED) is 0.734. The van der Waals surface area contributed by atoms with Crippen LogP contribution in [-0.2, 0) is 6.54 Å². The zero-order valence-electron chi connectivity index (χ0n) is 8.04. The summed E-state index contributed by atoms with van der Waals surface area (Å²) in [4.78, 5) is 11.2. The van der Waals surface area contributed by atoms with E-state index in [2.05, 4.69) is 17.1 Å². The molecule has 0 saturated heterocycles. The second kappa shape index (κ2) is 5.11. The smallest absolute Gasteiger partial charge is 0.270 e. The lowest BCUT2D eigenvalue weighted by atomic mass is 10.5. The number of nitrogens with zero attached hydrogens (tertiary/aromatic N) is 2. The van der Waals surface area contributed by atoms with E-state index >= 15 is 0 Å². The van der Waals surface area contributed by atoms with E-state index in [-0.39, 0.29) is 5.69 Å². The van der Waals surface area contributed by atoms with Gasteiger partial charge in [-0.2, -0.15) is 0 Å². The molecule has 4 nitrogen and oxygen atoms in total. The molecule has 0 spiro atoms. The summed E-state index contributed by atoms with van der Waals surface area (Å²) in [6.07, 6.45) is 2.05. The van der Waals surface area contributed by atoms with Gasteiger partial charge in [-0.25, -0.2) is 9.89 Å². The Labute approximate surface area is 81.7 Å². The summed E-state index contributed by atoms with van der Waals surface area (Å²) < 4.78 is 1.69. The molecule has 0 radical (unpaired) electrons. The number of hydrogen-bond acceptors (Lipinski definition) is 3.